The summed E-state index contributed by atoms with van der Waals surface area (Å²) in [5, 5.41) is 0. The molecular formula is C2H7OSi2. The fraction of sp³-hybridized carbons (Fsp3) is 1.00. The van der Waals surface area contributed by atoms with Gasteiger partial charge in [-0.3, -0.25) is 0 Å². The van der Waals surface area contributed by atoms with E-state index in [-0.39, 0.29) is 8.92 Å². The Morgan fingerprint density at radius 1 is 1.60 bits per heavy atom. The molecule has 0 aliphatic heterocycles. The van der Waals surface area contributed by atoms with Crippen LogP contribution in [0.1, 0.15) is 0 Å². The number of hydrogen-bond acceptors (Lipinski definition) is 1. The fourth-order valence-electron chi connectivity index (χ4n) is 0. The van der Waals surface area contributed by atoms with Gasteiger partial charge >= 0.3 is 0 Å². The standard InChI is InChI=1S/C2H7OSi2/c1-5(2)4-3/h5H,1-2H3. The Labute approximate surface area is 35.7 Å². The van der Waals surface area contributed by atoms with E-state index in [9.17, 15) is 4.46 Å². The first kappa shape index (κ1) is 5.23. The predicted molar refractivity (Wildman–Crippen MR) is 25.3 cm³/mol. The van der Waals surface area contributed by atoms with Crippen molar-refractivity contribution in [2.45, 2.75) is 13.1 Å². The van der Waals surface area contributed by atoms with Crippen LogP contribution in [0, 0.1) is 0 Å². The van der Waals surface area contributed by atoms with Crippen molar-refractivity contribution in [3.8, 4) is 0 Å². The van der Waals surface area contributed by atoms with Gasteiger partial charge in [0, 0.05) is 0 Å². The van der Waals surface area contributed by atoms with Crippen molar-refractivity contribution >= 4 is 17.2 Å². The van der Waals surface area contributed by atoms with Crippen molar-refractivity contribution in [1.82, 2.24) is 0 Å². The summed E-state index contributed by atoms with van der Waals surface area (Å²) in [7, 11) is -0.674. The van der Waals surface area contributed by atoms with E-state index < -0.39 is 8.31 Å². The molecule has 1 nitrogen and oxygen atoms in total. The fourth-order valence-corrected chi connectivity index (χ4v) is 0. The molecule has 0 unspecified atom stereocenters. The van der Waals surface area contributed by atoms with Crippen LogP contribution in [-0.4, -0.2) is 17.2 Å². The average Bonchev–Trinajstić information content (AvgIpc) is 1.38. The lowest BCUT2D eigenvalue weighted by Crippen LogP contribution is -2.01. The van der Waals surface area contributed by atoms with Gasteiger partial charge in [0.2, 0.25) is 0 Å². The van der Waals surface area contributed by atoms with Gasteiger partial charge in [0.25, 0.3) is 8.92 Å². The second kappa shape index (κ2) is 2.47. The van der Waals surface area contributed by atoms with E-state index in [2.05, 4.69) is 13.1 Å². The lowest BCUT2D eigenvalue weighted by Gasteiger charge is -1.72. The second-order valence-corrected chi connectivity index (χ2v) is 7.99. The van der Waals surface area contributed by atoms with Crippen molar-refractivity contribution in [1.29, 1.82) is 0 Å². The van der Waals surface area contributed by atoms with Gasteiger partial charge in [0.1, 0.15) is 0 Å². The summed E-state index contributed by atoms with van der Waals surface area (Å²) < 4.78 is 9.72. The molecule has 1 radical (unpaired) electrons. The van der Waals surface area contributed by atoms with Crippen molar-refractivity contribution in [2.24, 2.45) is 0 Å². The lowest BCUT2D eigenvalue weighted by atomic mass is 11.9. The maximum absolute atomic E-state index is 9.72. The van der Waals surface area contributed by atoms with Gasteiger partial charge in [-0.05, 0) is 0 Å². The molecule has 0 aromatic rings. The molecule has 0 aliphatic carbocycles. The van der Waals surface area contributed by atoms with E-state index in [1.54, 1.807) is 0 Å². The van der Waals surface area contributed by atoms with Gasteiger partial charge in [-0.1, -0.05) is 13.1 Å². The third kappa shape index (κ3) is 4.23. The van der Waals surface area contributed by atoms with E-state index >= 15 is 0 Å². The Morgan fingerprint density at radius 2 is 1.80 bits per heavy atom. The van der Waals surface area contributed by atoms with Gasteiger partial charge in [0.15, 0.2) is 0 Å². The minimum Gasteiger partial charge on any atom is -0.390 e. The first-order valence-corrected chi connectivity index (χ1v) is 6.67. The highest BCUT2D eigenvalue weighted by atomic mass is 29.2. The highest BCUT2D eigenvalue weighted by Crippen LogP contribution is 1.62. The van der Waals surface area contributed by atoms with Gasteiger partial charge in [0.05, 0.1) is 8.31 Å². The molecule has 0 aliphatic rings. The topological polar surface area (TPSA) is 17.1 Å². The smallest absolute Gasteiger partial charge is 0.297 e. The van der Waals surface area contributed by atoms with Crippen molar-refractivity contribution in [2.75, 3.05) is 0 Å². The Hall–Kier alpha value is 0.234. The van der Waals surface area contributed by atoms with E-state index in [1.165, 1.54) is 0 Å². The van der Waals surface area contributed by atoms with Gasteiger partial charge in [-0.25, -0.2) is 0 Å². The summed E-state index contributed by atoms with van der Waals surface area (Å²) in [4.78, 5) is 0. The Kier molecular flexibility index (Phi) is 2.59. The van der Waals surface area contributed by atoms with Crippen LogP contribution in [0.4, 0.5) is 0 Å². The maximum atomic E-state index is 9.72. The minimum absolute atomic E-state index is 0.00309. The number of rotatable bonds is 1. The first-order valence-electron chi connectivity index (χ1n) is 1.65. The van der Waals surface area contributed by atoms with Gasteiger partial charge in [-0.2, -0.15) is 0 Å². The molecule has 0 spiro atoms. The molecule has 0 heterocycles. The van der Waals surface area contributed by atoms with Crippen LogP contribution < -0.4 is 0 Å². The van der Waals surface area contributed by atoms with Crippen molar-refractivity contribution < 1.29 is 4.46 Å². The SMILES string of the molecule is C[SiH](C)[Si]=O. The normalized spacial score (nSPS) is 8.60. The summed E-state index contributed by atoms with van der Waals surface area (Å²) in [6.45, 7) is 4.12. The Morgan fingerprint density at radius 3 is 1.80 bits per heavy atom. The van der Waals surface area contributed by atoms with Crippen LogP contribution in [0.25, 0.3) is 0 Å². The minimum atomic E-state index is -0.677. The molecule has 29 valence electrons. The molecule has 0 bridgehead atoms. The highest BCUT2D eigenvalue weighted by Gasteiger charge is 1.87. The largest absolute Gasteiger partial charge is 0.390 e. The predicted octanol–water partition coefficient (Wildman–Crippen LogP) is 0.0195. The van der Waals surface area contributed by atoms with Gasteiger partial charge in [-0.15, -0.1) is 0 Å². The summed E-state index contributed by atoms with van der Waals surface area (Å²) in [5.74, 6) is 0. The van der Waals surface area contributed by atoms with Crippen LogP contribution in [0.5, 0.6) is 0 Å². The van der Waals surface area contributed by atoms with E-state index in [4.69, 9.17) is 0 Å². The number of hydrogen-bond donors (Lipinski definition) is 0. The second-order valence-electron chi connectivity index (χ2n) is 1.27. The molecule has 5 heavy (non-hydrogen) atoms. The van der Waals surface area contributed by atoms with E-state index in [0.29, 0.717) is 0 Å². The third-order valence-electron chi connectivity index (χ3n) is 0.236. The molecule has 0 aromatic heterocycles. The van der Waals surface area contributed by atoms with Crippen LogP contribution >= 0.6 is 0 Å². The van der Waals surface area contributed by atoms with Gasteiger partial charge < -0.3 is 4.46 Å². The summed E-state index contributed by atoms with van der Waals surface area (Å²) in [5.41, 5.74) is 0. The molecule has 0 fully saturated rings. The molecule has 0 aromatic carbocycles. The average molecular weight is 103 g/mol. The van der Waals surface area contributed by atoms with Crippen LogP contribution in [0.3, 0.4) is 0 Å². The molecule has 0 saturated heterocycles. The zero-order chi connectivity index (χ0) is 4.28. The third-order valence-corrected chi connectivity index (χ3v) is 2.12. The summed E-state index contributed by atoms with van der Waals surface area (Å²) in [6.07, 6.45) is 0. The van der Waals surface area contributed by atoms with Crippen LogP contribution in [0.2, 0.25) is 13.1 Å². The summed E-state index contributed by atoms with van der Waals surface area (Å²) >= 11 is 0. The Balaban J connectivity index is 2.83. The quantitative estimate of drug-likeness (QED) is 0.428. The zero-order valence-corrected chi connectivity index (χ0v) is 5.64. The molecule has 0 rings (SSSR count). The highest BCUT2D eigenvalue weighted by molar-refractivity contribution is 7.04. The van der Waals surface area contributed by atoms with Crippen molar-refractivity contribution in [3.63, 3.8) is 0 Å². The van der Waals surface area contributed by atoms with Crippen LogP contribution in [-0.2, 0) is 4.46 Å². The molecule has 0 saturated carbocycles. The summed E-state index contributed by atoms with van der Waals surface area (Å²) in [6, 6.07) is 0. The van der Waals surface area contributed by atoms with E-state index in [1.807, 2.05) is 0 Å². The monoisotopic (exact) mass is 103 g/mol. The zero-order valence-electron chi connectivity index (χ0n) is 3.49. The molecule has 0 N–H and O–H groups in total. The van der Waals surface area contributed by atoms with Crippen molar-refractivity contribution in [3.05, 3.63) is 0 Å². The Bertz CT molecular complexity index is 34.6. The molecule has 3 heteroatoms. The van der Waals surface area contributed by atoms with E-state index in [0.717, 1.165) is 0 Å². The lowest BCUT2D eigenvalue weighted by molar-refractivity contribution is 0.585. The first-order chi connectivity index (χ1) is 2.27. The molecule has 0 amide bonds. The molecule has 0 atom stereocenters. The van der Waals surface area contributed by atoms with Crippen LogP contribution in [0.15, 0.2) is 0 Å². The molecular weight excluding hydrogens is 96.2 g/mol. The maximum Gasteiger partial charge on any atom is 0.297 e.